The van der Waals surface area contributed by atoms with Crippen LogP contribution >= 0.6 is 11.8 Å². The van der Waals surface area contributed by atoms with Gasteiger partial charge in [-0.2, -0.15) is 11.8 Å². The van der Waals surface area contributed by atoms with Crippen LogP contribution in [0, 0.1) is 5.92 Å². The summed E-state index contributed by atoms with van der Waals surface area (Å²) in [6.45, 7) is 7.30. The summed E-state index contributed by atoms with van der Waals surface area (Å²) in [5.74, 6) is 1.43. The maximum atomic E-state index is 11.8. The molecule has 5 heteroatoms. The minimum absolute atomic E-state index is 0.103. The van der Waals surface area contributed by atoms with Crippen LogP contribution in [0.2, 0.25) is 0 Å². The predicted octanol–water partition coefficient (Wildman–Crippen LogP) is 1.72. The van der Waals surface area contributed by atoms with Crippen LogP contribution in [0.25, 0.3) is 0 Å². The van der Waals surface area contributed by atoms with Crippen LogP contribution in [0.4, 0.5) is 4.79 Å². The summed E-state index contributed by atoms with van der Waals surface area (Å²) in [5, 5.41) is 9.33. The van der Waals surface area contributed by atoms with E-state index in [1.54, 1.807) is 4.90 Å². The molecule has 17 heavy (non-hydrogen) atoms. The first-order valence-corrected chi connectivity index (χ1v) is 7.08. The number of hydrogen-bond acceptors (Lipinski definition) is 4. The third kappa shape index (κ3) is 2.55. The van der Waals surface area contributed by atoms with Crippen molar-refractivity contribution < 1.29 is 14.6 Å². The minimum atomic E-state index is -0.432. The largest absolute Gasteiger partial charge is 0.444 e. The van der Waals surface area contributed by atoms with Crippen molar-refractivity contribution in [3.63, 3.8) is 0 Å². The Labute approximate surface area is 107 Å². The van der Waals surface area contributed by atoms with E-state index in [1.165, 1.54) is 0 Å². The Morgan fingerprint density at radius 2 is 2.18 bits per heavy atom. The van der Waals surface area contributed by atoms with E-state index >= 15 is 0 Å². The number of hydrogen-bond donors (Lipinski definition) is 1. The molecule has 1 unspecified atom stereocenters. The number of ether oxygens (including phenoxy) is 1. The molecule has 2 saturated heterocycles. The summed E-state index contributed by atoms with van der Waals surface area (Å²) in [4.78, 5) is 13.6. The third-order valence-electron chi connectivity index (χ3n) is 3.39. The lowest BCUT2D eigenvalue weighted by molar-refractivity contribution is -0.00555. The summed E-state index contributed by atoms with van der Waals surface area (Å²) in [5.41, 5.74) is -0.432. The summed E-state index contributed by atoms with van der Waals surface area (Å²) < 4.78 is 5.43. The highest BCUT2D eigenvalue weighted by atomic mass is 32.2. The minimum Gasteiger partial charge on any atom is -0.444 e. The molecule has 2 heterocycles. The van der Waals surface area contributed by atoms with E-state index in [0.717, 1.165) is 25.3 Å². The van der Waals surface area contributed by atoms with Gasteiger partial charge in [0, 0.05) is 25.6 Å². The van der Waals surface area contributed by atoms with Gasteiger partial charge in [0.05, 0.1) is 4.75 Å². The molecular weight excluding hydrogens is 238 g/mol. The normalized spacial score (nSPS) is 27.1. The van der Waals surface area contributed by atoms with Crippen LogP contribution in [-0.4, -0.2) is 51.9 Å². The van der Waals surface area contributed by atoms with Crippen LogP contribution < -0.4 is 0 Å². The van der Waals surface area contributed by atoms with Crippen LogP contribution in [0.3, 0.4) is 0 Å². The number of rotatable bonds is 1. The van der Waals surface area contributed by atoms with Gasteiger partial charge >= 0.3 is 6.09 Å². The third-order valence-corrected chi connectivity index (χ3v) is 5.00. The van der Waals surface area contributed by atoms with Crippen LogP contribution in [0.15, 0.2) is 0 Å². The quantitative estimate of drug-likeness (QED) is 0.779. The maximum Gasteiger partial charge on any atom is 0.410 e. The highest BCUT2D eigenvalue weighted by Crippen LogP contribution is 2.49. The average Bonchev–Trinajstić information content (AvgIpc) is 2.55. The second-order valence-corrected chi connectivity index (χ2v) is 7.43. The molecule has 2 aliphatic rings. The van der Waals surface area contributed by atoms with Crippen molar-refractivity contribution in [2.24, 2.45) is 5.92 Å². The van der Waals surface area contributed by atoms with E-state index in [9.17, 15) is 9.90 Å². The SMILES string of the molecule is CC(C)(C)OC(=O)N1CC2(C1)SCCC2CO. The molecular formula is C12H21NO3S. The molecule has 98 valence electrons. The van der Waals surface area contributed by atoms with Gasteiger partial charge in [-0.25, -0.2) is 4.79 Å². The number of likely N-dealkylation sites (tertiary alicyclic amines) is 1. The predicted molar refractivity (Wildman–Crippen MR) is 68.2 cm³/mol. The lowest BCUT2D eigenvalue weighted by Gasteiger charge is -2.50. The van der Waals surface area contributed by atoms with Crippen molar-refractivity contribution in [2.45, 2.75) is 37.5 Å². The van der Waals surface area contributed by atoms with E-state index in [4.69, 9.17) is 4.74 Å². The zero-order chi connectivity index (χ0) is 12.7. The molecule has 0 bridgehead atoms. The molecule has 0 aromatic carbocycles. The Morgan fingerprint density at radius 1 is 1.53 bits per heavy atom. The number of amides is 1. The van der Waals surface area contributed by atoms with Crippen LogP contribution in [0.1, 0.15) is 27.2 Å². The van der Waals surface area contributed by atoms with Crippen molar-refractivity contribution >= 4 is 17.9 Å². The summed E-state index contributed by atoms with van der Waals surface area (Å²) in [7, 11) is 0. The standard InChI is InChI=1S/C12H21NO3S/c1-11(2,3)16-10(15)13-7-12(8-13)9(6-14)4-5-17-12/h9,14H,4-8H2,1-3H3. The Balaban J connectivity index is 1.88. The van der Waals surface area contributed by atoms with E-state index in [-0.39, 0.29) is 17.4 Å². The molecule has 0 aromatic heterocycles. The molecule has 1 atom stereocenters. The Morgan fingerprint density at radius 3 is 2.71 bits per heavy atom. The highest BCUT2D eigenvalue weighted by molar-refractivity contribution is 8.01. The number of thioether (sulfide) groups is 1. The zero-order valence-electron chi connectivity index (χ0n) is 10.7. The van der Waals surface area contributed by atoms with Crippen molar-refractivity contribution in [3.05, 3.63) is 0 Å². The molecule has 1 amide bonds. The van der Waals surface area contributed by atoms with Gasteiger partial charge in [-0.15, -0.1) is 0 Å². The van der Waals surface area contributed by atoms with Gasteiger partial charge < -0.3 is 14.7 Å². The van der Waals surface area contributed by atoms with E-state index in [2.05, 4.69) is 0 Å². The molecule has 4 nitrogen and oxygen atoms in total. The molecule has 2 rings (SSSR count). The van der Waals surface area contributed by atoms with Gasteiger partial charge in [0.25, 0.3) is 0 Å². The first kappa shape index (κ1) is 13.0. The van der Waals surface area contributed by atoms with Crippen LogP contribution in [-0.2, 0) is 4.74 Å². The number of carbonyl (C=O) groups is 1. The smallest absolute Gasteiger partial charge is 0.410 e. The van der Waals surface area contributed by atoms with E-state index < -0.39 is 5.60 Å². The van der Waals surface area contributed by atoms with Crippen molar-refractivity contribution in [1.82, 2.24) is 4.90 Å². The zero-order valence-corrected chi connectivity index (χ0v) is 11.5. The van der Waals surface area contributed by atoms with Gasteiger partial charge in [0.15, 0.2) is 0 Å². The van der Waals surface area contributed by atoms with Crippen molar-refractivity contribution in [2.75, 3.05) is 25.4 Å². The lowest BCUT2D eigenvalue weighted by Crippen LogP contribution is -2.64. The summed E-state index contributed by atoms with van der Waals surface area (Å²) in [6.07, 6.45) is 0.830. The van der Waals surface area contributed by atoms with Gasteiger partial charge in [0.2, 0.25) is 0 Å². The van der Waals surface area contributed by atoms with Gasteiger partial charge in [-0.3, -0.25) is 0 Å². The number of carbonyl (C=O) groups excluding carboxylic acids is 1. The highest BCUT2D eigenvalue weighted by Gasteiger charge is 2.54. The number of aliphatic hydroxyl groups is 1. The topological polar surface area (TPSA) is 49.8 Å². The summed E-state index contributed by atoms with van der Waals surface area (Å²) >= 11 is 1.89. The van der Waals surface area contributed by atoms with Gasteiger partial charge in [-0.1, -0.05) is 0 Å². The second kappa shape index (κ2) is 4.35. The van der Waals surface area contributed by atoms with E-state index in [0.29, 0.717) is 5.92 Å². The molecule has 0 radical (unpaired) electrons. The number of aliphatic hydroxyl groups excluding tert-OH is 1. The molecule has 2 aliphatic heterocycles. The first-order chi connectivity index (χ1) is 7.86. The fraction of sp³-hybridized carbons (Fsp3) is 0.917. The number of nitrogens with zero attached hydrogens (tertiary/aromatic N) is 1. The molecule has 0 saturated carbocycles. The summed E-state index contributed by atoms with van der Waals surface area (Å²) in [6, 6.07) is 0. The fourth-order valence-electron chi connectivity index (χ4n) is 2.45. The fourth-order valence-corrected chi connectivity index (χ4v) is 4.18. The van der Waals surface area contributed by atoms with Crippen LogP contribution in [0.5, 0.6) is 0 Å². The van der Waals surface area contributed by atoms with Gasteiger partial charge in [0.1, 0.15) is 5.60 Å². The molecule has 1 N–H and O–H groups in total. The monoisotopic (exact) mass is 259 g/mol. The maximum absolute atomic E-state index is 11.8. The Hall–Kier alpha value is -0.420. The van der Waals surface area contributed by atoms with Crippen molar-refractivity contribution in [3.8, 4) is 0 Å². The van der Waals surface area contributed by atoms with Crippen molar-refractivity contribution in [1.29, 1.82) is 0 Å². The first-order valence-electron chi connectivity index (χ1n) is 6.09. The lowest BCUT2D eigenvalue weighted by atomic mass is 9.84. The molecule has 0 aromatic rings. The van der Waals surface area contributed by atoms with E-state index in [1.807, 2.05) is 32.5 Å². The molecule has 2 fully saturated rings. The Kier molecular flexibility index (Phi) is 3.34. The molecule has 1 spiro atoms. The Bertz CT molecular complexity index is 307. The second-order valence-electron chi connectivity index (χ2n) is 5.92. The molecule has 0 aliphatic carbocycles. The van der Waals surface area contributed by atoms with Gasteiger partial charge in [-0.05, 0) is 32.9 Å². The average molecular weight is 259 g/mol.